The van der Waals surface area contributed by atoms with Crippen molar-refractivity contribution in [2.24, 2.45) is 5.84 Å². The van der Waals surface area contributed by atoms with Crippen LogP contribution < -0.4 is 11.3 Å². The van der Waals surface area contributed by atoms with Gasteiger partial charge in [0.05, 0.1) is 22.4 Å². The van der Waals surface area contributed by atoms with Crippen molar-refractivity contribution >= 4 is 27.7 Å². The fourth-order valence-corrected chi connectivity index (χ4v) is 3.81. The molecule has 1 heterocycles. The Kier molecular flexibility index (Phi) is 5.87. The van der Waals surface area contributed by atoms with Gasteiger partial charge in [0.1, 0.15) is 0 Å². The maximum atomic E-state index is 5.78. The number of nitrogens with one attached hydrogen (secondary N) is 1. The van der Waals surface area contributed by atoms with Gasteiger partial charge in [-0.15, -0.1) is 11.8 Å². The van der Waals surface area contributed by atoms with E-state index < -0.39 is 0 Å². The van der Waals surface area contributed by atoms with Crippen LogP contribution in [0, 0.1) is 6.92 Å². The molecule has 1 aromatic carbocycles. The molecule has 0 aliphatic carbocycles. The molecule has 0 amide bonds. The van der Waals surface area contributed by atoms with Gasteiger partial charge in [-0.3, -0.25) is 16.0 Å². The smallest absolute Gasteiger partial charge is 0.0734 e. The van der Waals surface area contributed by atoms with Crippen LogP contribution in [0.25, 0.3) is 0 Å². The second kappa shape index (κ2) is 7.45. The van der Waals surface area contributed by atoms with E-state index in [0.717, 1.165) is 15.9 Å². The molecule has 0 bridgehead atoms. The first-order valence-corrected chi connectivity index (χ1v) is 8.70. The molecule has 0 aliphatic heterocycles. The second-order valence-electron chi connectivity index (χ2n) is 5.21. The van der Waals surface area contributed by atoms with Gasteiger partial charge in [0, 0.05) is 16.7 Å². The van der Waals surface area contributed by atoms with Crippen LogP contribution in [0.2, 0.25) is 0 Å². The highest BCUT2D eigenvalue weighted by atomic mass is 79.9. The highest BCUT2D eigenvalue weighted by Gasteiger charge is 2.21. The molecule has 0 spiro atoms. The Morgan fingerprint density at radius 3 is 2.71 bits per heavy atom. The quantitative estimate of drug-likeness (QED) is 0.462. The lowest BCUT2D eigenvalue weighted by Crippen LogP contribution is -2.32. The summed E-state index contributed by atoms with van der Waals surface area (Å²) in [6.07, 6.45) is 1.83. The number of hydrazine groups is 1. The number of benzene rings is 1. The van der Waals surface area contributed by atoms with Gasteiger partial charge >= 0.3 is 0 Å². The molecule has 2 rings (SSSR count). The van der Waals surface area contributed by atoms with Crippen LogP contribution in [0.15, 0.2) is 39.8 Å². The summed E-state index contributed by atoms with van der Waals surface area (Å²) in [7, 11) is 0. The summed E-state index contributed by atoms with van der Waals surface area (Å²) in [4.78, 5) is 1.28. The molecule has 21 heavy (non-hydrogen) atoms. The minimum atomic E-state index is 0.0360. The van der Waals surface area contributed by atoms with Crippen molar-refractivity contribution in [1.29, 1.82) is 0 Å². The minimum absolute atomic E-state index is 0.0360. The highest BCUT2D eigenvalue weighted by Crippen LogP contribution is 2.31. The van der Waals surface area contributed by atoms with Crippen molar-refractivity contribution in [3.05, 3.63) is 46.2 Å². The van der Waals surface area contributed by atoms with Crippen LogP contribution in [0.1, 0.15) is 37.2 Å². The van der Waals surface area contributed by atoms with Crippen molar-refractivity contribution in [2.75, 3.05) is 5.75 Å². The van der Waals surface area contributed by atoms with Gasteiger partial charge in [-0.2, -0.15) is 5.10 Å². The van der Waals surface area contributed by atoms with Crippen LogP contribution in [0.4, 0.5) is 0 Å². The standard InChI is InChI=1S/C15H21BrN4S/c1-10(2)20-15(12(16)8-18-20)13(19-17)9-21-14-7-5-4-6-11(14)3/h4-8,10,13,19H,9,17H2,1-3H3. The fraction of sp³-hybridized carbons (Fsp3) is 0.400. The number of rotatable bonds is 6. The summed E-state index contributed by atoms with van der Waals surface area (Å²) in [6.45, 7) is 6.36. The molecule has 1 unspecified atom stereocenters. The van der Waals surface area contributed by atoms with E-state index in [1.54, 1.807) is 11.8 Å². The van der Waals surface area contributed by atoms with E-state index in [4.69, 9.17) is 5.84 Å². The molecular formula is C15H21BrN4S. The maximum Gasteiger partial charge on any atom is 0.0734 e. The van der Waals surface area contributed by atoms with Crippen LogP contribution in [0.5, 0.6) is 0 Å². The SMILES string of the molecule is Cc1ccccc1SCC(NN)c1c(Br)cnn1C(C)C. The molecule has 1 aromatic heterocycles. The summed E-state index contributed by atoms with van der Waals surface area (Å²) in [5, 5.41) is 4.42. The largest absolute Gasteiger partial charge is 0.271 e. The van der Waals surface area contributed by atoms with Crippen LogP contribution in [-0.4, -0.2) is 15.5 Å². The van der Waals surface area contributed by atoms with Crippen molar-refractivity contribution < 1.29 is 0 Å². The average molecular weight is 369 g/mol. The lowest BCUT2D eigenvalue weighted by atomic mass is 10.2. The van der Waals surface area contributed by atoms with E-state index in [1.807, 2.05) is 10.9 Å². The first kappa shape index (κ1) is 16.5. The van der Waals surface area contributed by atoms with E-state index in [0.29, 0.717) is 6.04 Å². The number of hydrogen-bond acceptors (Lipinski definition) is 4. The zero-order chi connectivity index (χ0) is 15.4. The van der Waals surface area contributed by atoms with Crippen molar-refractivity contribution in [1.82, 2.24) is 15.2 Å². The third-order valence-electron chi connectivity index (χ3n) is 3.31. The monoisotopic (exact) mass is 368 g/mol. The van der Waals surface area contributed by atoms with Gasteiger partial charge in [-0.25, -0.2) is 0 Å². The predicted octanol–water partition coefficient (Wildman–Crippen LogP) is 3.83. The summed E-state index contributed by atoms with van der Waals surface area (Å²) in [5.74, 6) is 6.62. The lowest BCUT2D eigenvalue weighted by molar-refractivity contribution is 0.467. The highest BCUT2D eigenvalue weighted by molar-refractivity contribution is 9.10. The first-order valence-electron chi connectivity index (χ1n) is 6.92. The fourth-order valence-electron chi connectivity index (χ4n) is 2.19. The summed E-state index contributed by atoms with van der Waals surface area (Å²) in [6, 6.07) is 8.72. The molecule has 114 valence electrons. The zero-order valence-corrected chi connectivity index (χ0v) is 14.9. The number of aryl methyl sites for hydroxylation is 1. The Bertz CT molecular complexity index is 597. The van der Waals surface area contributed by atoms with Crippen LogP contribution in [0.3, 0.4) is 0 Å². The maximum absolute atomic E-state index is 5.78. The molecule has 3 N–H and O–H groups in total. The summed E-state index contributed by atoms with van der Waals surface area (Å²) < 4.78 is 3.00. The molecule has 0 aliphatic rings. The van der Waals surface area contributed by atoms with Gasteiger partial charge in [0.25, 0.3) is 0 Å². The van der Waals surface area contributed by atoms with Gasteiger partial charge in [-0.05, 0) is 48.3 Å². The molecule has 4 nitrogen and oxygen atoms in total. The van der Waals surface area contributed by atoms with Crippen molar-refractivity contribution in [3.63, 3.8) is 0 Å². The van der Waals surface area contributed by atoms with Gasteiger partial charge < -0.3 is 0 Å². The molecule has 0 radical (unpaired) electrons. The van der Waals surface area contributed by atoms with E-state index >= 15 is 0 Å². The second-order valence-corrected chi connectivity index (χ2v) is 7.13. The average Bonchev–Trinajstić information content (AvgIpc) is 2.84. The topological polar surface area (TPSA) is 55.9 Å². The lowest BCUT2D eigenvalue weighted by Gasteiger charge is -2.20. The van der Waals surface area contributed by atoms with E-state index in [2.05, 4.69) is 71.5 Å². The van der Waals surface area contributed by atoms with E-state index in [-0.39, 0.29) is 6.04 Å². The van der Waals surface area contributed by atoms with Gasteiger partial charge in [0.15, 0.2) is 0 Å². The van der Waals surface area contributed by atoms with Crippen molar-refractivity contribution in [2.45, 2.75) is 37.8 Å². The van der Waals surface area contributed by atoms with Crippen LogP contribution >= 0.6 is 27.7 Å². The Balaban J connectivity index is 2.17. The number of halogens is 1. The zero-order valence-electron chi connectivity index (χ0n) is 12.5. The van der Waals surface area contributed by atoms with Gasteiger partial charge in [-0.1, -0.05) is 18.2 Å². The Labute approximate surface area is 138 Å². The Morgan fingerprint density at radius 1 is 1.38 bits per heavy atom. The summed E-state index contributed by atoms with van der Waals surface area (Å²) in [5.41, 5.74) is 5.30. The third kappa shape index (κ3) is 3.88. The molecule has 6 heteroatoms. The molecule has 0 saturated heterocycles. The minimum Gasteiger partial charge on any atom is -0.271 e. The number of hydrogen-bond donors (Lipinski definition) is 2. The van der Waals surface area contributed by atoms with Crippen molar-refractivity contribution in [3.8, 4) is 0 Å². The molecule has 0 fully saturated rings. The molecule has 1 atom stereocenters. The molecular weight excluding hydrogens is 348 g/mol. The number of nitrogens with two attached hydrogens (primary N) is 1. The van der Waals surface area contributed by atoms with Crippen LogP contribution in [-0.2, 0) is 0 Å². The van der Waals surface area contributed by atoms with Gasteiger partial charge in [0.2, 0.25) is 0 Å². The number of thioether (sulfide) groups is 1. The van der Waals surface area contributed by atoms with E-state index in [9.17, 15) is 0 Å². The Morgan fingerprint density at radius 2 is 2.10 bits per heavy atom. The number of nitrogens with zero attached hydrogens (tertiary/aromatic N) is 2. The third-order valence-corrected chi connectivity index (χ3v) is 5.19. The number of aromatic nitrogens is 2. The summed E-state index contributed by atoms with van der Waals surface area (Å²) >= 11 is 5.38. The molecule has 0 saturated carbocycles. The Hall–Kier alpha value is -0.820. The van der Waals surface area contributed by atoms with E-state index in [1.165, 1.54) is 10.5 Å². The predicted molar refractivity (Wildman–Crippen MR) is 92.3 cm³/mol. The first-order chi connectivity index (χ1) is 10.0. The molecule has 2 aromatic rings. The normalized spacial score (nSPS) is 12.9.